The third kappa shape index (κ3) is 4.48. The van der Waals surface area contributed by atoms with E-state index in [9.17, 15) is 14.7 Å². The Morgan fingerprint density at radius 1 is 1.19 bits per heavy atom. The van der Waals surface area contributed by atoms with Crippen molar-refractivity contribution in [1.29, 1.82) is 0 Å². The van der Waals surface area contributed by atoms with Crippen molar-refractivity contribution < 1.29 is 28.7 Å². The van der Waals surface area contributed by atoms with Crippen molar-refractivity contribution >= 4 is 16.9 Å². The lowest BCUT2D eigenvalue weighted by atomic mass is 10.0. The quantitative estimate of drug-likeness (QED) is 0.573. The Bertz CT molecular complexity index is 1170. The number of phenols is 1. The van der Waals surface area contributed by atoms with Gasteiger partial charge in [0, 0.05) is 0 Å². The lowest BCUT2D eigenvalue weighted by molar-refractivity contribution is -0.941. The second kappa shape index (κ2) is 9.44. The fraction of sp³-hybridized carbons (Fsp3) is 0.360. The zero-order valence-corrected chi connectivity index (χ0v) is 18.3. The molecule has 2 atom stereocenters. The van der Waals surface area contributed by atoms with Crippen LogP contribution in [-0.2, 0) is 11.3 Å². The third-order valence-electron chi connectivity index (χ3n) is 6.07. The van der Waals surface area contributed by atoms with Gasteiger partial charge in [-0.3, -0.25) is 4.79 Å². The van der Waals surface area contributed by atoms with E-state index < -0.39 is 5.97 Å². The van der Waals surface area contributed by atoms with E-state index in [0.717, 1.165) is 19.4 Å². The Morgan fingerprint density at radius 3 is 2.69 bits per heavy atom. The van der Waals surface area contributed by atoms with Gasteiger partial charge in [-0.2, -0.15) is 0 Å². The average Bonchev–Trinajstić information content (AvgIpc) is 2.79. The predicted octanol–water partition coefficient (Wildman–Crippen LogP) is 3.42. The molecular formula is C25H28NO6+. The van der Waals surface area contributed by atoms with Crippen LogP contribution < -0.4 is 15.1 Å². The first-order valence-electron chi connectivity index (χ1n) is 11.0. The number of rotatable bonds is 6. The number of fused-ring (bicyclic) bond motifs is 1. The first kappa shape index (κ1) is 21.9. The highest BCUT2D eigenvalue weighted by molar-refractivity contribution is 5.89. The van der Waals surface area contributed by atoms with Gasteiger partial charge in [0.05, 0.1) is 35.7 Å². The molecule has 1 fully saturated rings. The van der Waals surface area contributed by atoms with Crippen molar-refractivity contribution in [3.8, 4) is 17.2 Å². The molecule has 168 valence electrons. The summed E-state index contributed by atoms with van der Waals surface area (Å²) in [6, 6.07) is 9.94. The van der Waals surface area contributed by atoms with Crippen LogP contribution in [0.15, 0.2) is 51.9 Å². The number of nitrogens with one attached hydrogen (secondary N) is 1. The number of hydrogen-bond acceptors (Lipinski definition) is 6. The SMILES string of the molecule is CCOC(=O)c1ccc(Oc2coc3c(C[NH+]4CCCC[C@@H]4C)c(O)ccc3c2=O)cc1. The average molecular weight is 439 g/mol. The Balaban J connectivity index is 1.61. The van der Waals surface area contributed by atoms with Crippen LogP contribution in [0.4, 0.5) is 0 Å². The number of aromatic hydroxyl groups is 1. The Morgan fingerprint density at radius 2 is 1.97 bits per heavy atom. The van der Waals surface area contributed by atoms with Gasteiger partial charge in [-0.1, -0.05) is 0 Å². The summed E-state index contributed by atoms with van der Waals surface area (Å²) in [5, 5.41) is 10.8. The van der Waals surface area contributed by atoms with Crippen LogP contribution in [0.2, 0.25) is 0 Å². The highest BCUT2D eigenvalue weighted by atomic mass is 16.5. The number of hydrogen-bond donors (Lipinski definition) is 2. The number of benzene rings is 2. The zero-order chi connectivity index (χ0) is 22.7. The Hall–Kier alpha value is -3.32. The van der Waals surface area contributed by atoms with Gasteiger partial charge in [0.25, 0.3) is 0 Å². The summed E-state index contributed by atoms with van der Waals surface area (Å²) in [5.74, 6) is 0.155. The van der Waals surface area contributed by atoms with E-state index in [1.165, 1.54) is 17.6 Å². The fourth-order valence-electron chi connectivity index (χ4n) is 4.21. The molecule has 0 amide bonds. The van der Waals surface area contributed by atoms with Crippen LogP contribution in [-0.4, -0.2) is 30.3 Å². The number of carbonyl (C=O) groups excluding carboxylic acids is 1. The minimum atomic E-state index is -0.415. The molecule has 7 nitrogen and oxygen atoms in total. The van der Waals surface area contributed by atoms with Gasteiger partial charge >= 0.3 is 5.97 Å². The molecule has 2 heterocycles. The predicted molar refractivity (Wildman–Crippen MR) is 119 cm³/mol. The van der Waals surface area contributed by atoms with Gasteiger partial charge in [0.2, 0.25) is 11.2 Å². The van der Waals surface area contributed by atoms with Gasteiger partial charge in [0.15, 0.2) is 5.58 Å². The number of likely N-dealkylation sites (tertiary alicyclic amines) is 1. The minimum absolute atomic E-state index is 0.0386. The molecule has 32 heavy (non-hydrogen) atoms. The lowest BCUT2D eigenvalue weighted by Gasteiger charge is -2.30. The van der Waals surface area contributed by atoms with E-state index >= 15 is 0 Å². The monoisotopic (exact) mass is 438 g/mol. The summed E-state index contributed by atoms with van der Waals surface area (Å²) in [5.41, 5.74) is 1.13. The second-order valence-electron chi connectivity index (χ2n) is 8.20. The molecule has 1 unspecified atom stereocenters. The molecule has 1 aliphatic heterocycles. The van der Waals surface area contributed by atoms with Crippen LogP contribution in [0.3, 0.4) is 0 Å². The van der Waals surface area contributed by atoms with Gasteiger partial charge in [-0.25, -0.2) is 4.79 Å². The summed E-state index contributed by atoms with van der Waals surface area (Å²) in [6.45, 7) is 5.89. The molecule has 1 aromatic heterocycles. The van der Waals surface area contributed by atoms with Crippen LogP contribution in [0.1, 0.15) is 49.0 Å². The van der Waals surface area contributed by atoms with Crippen LogP contribution in [0, 0.1) is 0 Å². The molecule has 0 bridgehead atoms. The van der Waals surface area contributed by atoms with E-state index in [0.29, 0.717) is 47.0 Å². The van der Waals surface area contributed by atoms with E-state index in [2.05, 4.69) is 6.92 Å². The maximum atomic E-state index is 13.1. The van der Waals surface area contributed by atoms with Crippen molar-refractivity contribution in [3.63, 3.8) is 0 Å². The molecule has 7 heteroatoms. The molecule has 1 saturated heterocycles. The zero-order valence-electron chi connectivity index (χ0n) is 18.3. The Labute approximate surface area is 186 Å². The number of phenolic OH excluding ortho intramolecular Hbond substituents is 1. The summed E-state index contributed by atoms with van der Waals surface area (Å²) < 4.78 is 16.5. The second-order valence-corrected chi connectivity index (χ2v) is 8.20. The number of carbonyl (C=O) groups is 1. The number of piperidine rings is 1. The highest BCUT2D eigenvalue weighted by Gasteiger charge is 2.25. The van der Waals surface area contributed by atoms with Gasteiger partial charge in [-0.15, -0.1) is 0 Å². The molecule has 4 rings (SSSR count). The first-order chi connectivity index (χ1) is 15.5. The molecule has 1 aliphatic rings. The molecule has 2 aromatic carbocycles. The van der Waals surface area contributed by atoms with Crippen molar-refractivity contribution in [1.82, 2.24) is 0 Å². The number of quaternary nitrogens is 1. The highest BCUT2D eigenvalue weighted by Crippen LogP contribution is 2.28. The number of ether oxygens (including phenoxy) is 2. The Kier molecular flexibility index (Phi) is 6.46. The molecule has 2 N–H and O–H groups in total. The van der Waals surface area contributed by atoms with Crippen molar-refractivity contribution in [2.24, 2.45) is 0 Å². The molecule has 0 aliphatic carbocycles. The van der Waals surface area contributed by atoms with E-state index in [1.54, 1.807) is 43.3 Å². The van der Waals surface area contributed by atoms with Crippen LogP contribution in [0.5, 0.6) is 17.2 Å². The maximum absolute atomic E-state index is 13.1. The van der Waals surface area contributed by atoms with Crippen molar-refractivity contribution in [2.45, 2.75) is 45.7 Å². The van der Waals surface area contributed by atoms with Crippen LogP contribution in [0.25, 0.3) is 11.0 Å². The smallest absolute Gasteiger partial charge is 0.338 e. The van der Waals surface area contributed by atoms with Crippen LogP contribution >= 0.6 is 0 Å². The van der Waals surface area contributed by atoms with E-state index in [4.69, 9.17) is 13.9 Å². The van der Waals surface area contributed by atoms with Crippen molar-refractivity contribution in [3.05, 3.63) is 64.0 Å². The summed E-state index contributed by atoms with van der Waals surface area (Å²) in [6.07, 6.45) is 4.81. The maximum Gasteiger partial charge on any atom is 0.338 e. The summed E-state index contributed by atoms with van der Waals surface area (Å²) in [7, 11) is 0. The first-order valence-corrected chi connectivity index (χ1v) is 11.0. The molecule has 0 radical (unpaired) electrons. The fourth-order valence-corrected chi connectivity index (χ4v) is 4.21. The van der Waals surface area contributed by atoms with Gasteiger partial charge in [0.1, 0.15) is 24.3 Å². The minimum Gasteiger partial charge on any atom is -0.507 e. The largest absolute Gasteiger partial charge is 0.507 e. The van der Waals surface area contributed by atoms with Crippen molar-refractivity contribution in [2.75, 3.05) is 13.2 Å². The summed E-state index contributed by atoms with van der Waals surface area (Å²) >= 11 is 0. The molecular weight excluding hydrogens is 410 g/mol. The molecule has 3 aromatic rings. The summed E-state index contributed by atoms with van der Waals surface area (Å²) in [4.78, 5) is 26.2. The van der Waals surface area contributed by atoms with Gasteiger partial charge in [-0.05, 0) is 69.5 Å². The normalized spacial score (nSPS) is 18.4. The van der Waals surface area contributed by atoms with Gasteiger partial charge < -0.3 is 23.9 Å². The topological polar surface area (TPSA) is 90.4 Å². The lowest BCUT2D eigenvalue weighted by Crippen LogP contribution is -3.14. The standard InChI is InChI=1S/C25H27NO6/c1-3-30-25(29)17-7-9-18(10-8-17)32-22-15-31-24-19(23(22)28)11-12-21(27)20(24)14-26-13-5-4-6-16(26)2/h7-12,15-16,27H,3-6,13-14H2,1-2H3/p+1/t16-/m0/s1. The number of esters is 1. The molecule has 0 saturated carbocycles. The van der Waals surface area contributed by atoms with E-state index in [1.807, 2.05) is 0 Å². The third-order valence-corrected chi connectivity index (χ3v) is 6.07. The molecule has 0 spiro atoms. The van der Waals surface area contributed by atoms with E-state index in [-0.39, 0.29) is 16.9 Å².